The molecule has 3 nitrogen and oxygen atoms in total. The van der Waals surface area contributed by atoms with Crippen molar-refractivity contribution in [2.45, 2.75) is 38.0 Å². The molecule has 0 aromatic carbocycles. The van der Waals surface area contributed by atoms with Gasteiger partial charge in [-0.3, -0.25) is 10.2 Å². The van der Waals surface area contributed by atoms with Gasteiger partial charge in [-0.15, -0.1) is 0 Å². The van der Waals surface area contributed by atoms with E-state index in [1.807, 2.05) is 0 Å². The predicted octanol–water partition coefficient (Wildman–Crippen LogP) is 0.807. The molecule has 1 spiro atoms. The minimum atomic E-state index is 0.0220. The Morgan fingerprint density at radius 2 is 2.07 bits per heavy atom. The Bertz CT molecular complexity index is 221. The fourth-order valence-electron chi connectivity index (χ4n) is 3.29. The number of ether oxygens (including phenoxy) is 1. The minimum Gasteiger partial charge on any atom is -0.359 e. The molecule has 2 atom stereocenters. The summed E-state index contributed by atoms with van der Waals surface area (Å²) in [5.74, 6) is 0.759. The maximum atomic E-state index is 6.06. The summed E-state index contributed by atoms with van der Waals surface area (Å²) < 4.78 is 6.06. The molecule has 0 amide bonds. The SMILES string of the molecule is CC1CCOC2(CN3CCC2CC3)N1. The number of fused-ring (bicyclic) bond motifs is 2. The highest BCUT2D eigenvalue weighted by molar-refractivity contribution is 5.00. The highest BCUT2D eigenvalue weighted by Crippen LogP contribution is 2.38. The van der Waals surface area contributed by atoms with E-state index in [0.717, 1.165) is 25.5 Å². The Hall–Kier alpha value is -0.120. The molecule has 2 unspecified atom stereocenters. The Kier molecular flexibility index (Phi) is 2.08. The van der Waals surface area contributed by atoms with Gasteiger partial charge in [-0.2, -0.15) is 0 Å². The lowest BCUT2D eigenvalue weighted by Gasteiger charge is -2.55. The monoisotopic (exact) mass is 196 g/mol. The van der Waals surface area contributed by atoms with E-state index in [1.165, 1.54) is 25.9 Å². The smallest absolute Gasteiger partial charge is 0.135 e. The first kappa shape index (κ1) is 9.13. The molecule has 0 aliphatic carbocycles. The molecule has 80 valence electrons. The molecule has 4 aliphatic heterocycles. The topological polar surface area (TPSA) is 24.5 Å². The second-order valence-corrected chi connectivity index (χ2v) is 5.12. The van der Waals surface area contributed by atoms with Crippen molar-refractivity contribution in [3.63, 3.8) is 0 Å². The Morgan fingerprint density at radius 1 is 1.29 bits per heavy atom. The standard InChI is InChI=1S/C11H20N2O/c1-9-4-7-14-11(12-9)8-13-5-2-10(11)3-6-13/h9-10,12H,2-8H2,1H3. The van der Waals surface area contributed by atoms with Crippen LogP contribution in [0.25, 0.3) is 0 Å². The van der Waals surface area contributed by atoms with E-state index in [2.05, 4.69) is 17.1 Å². The molecule has 14 heavy (non-hydrogen) atoms. The van der Waals surface area contributed by atoms with Crippen molar-refractivity contribution in [2.24, 2.45) is 5.92 Å². The molecule has 0 saturated carbocycles. The zero-order valence-electron chi connectivity index (χ0n) is 8.96. The van der Waals surface area contributed by atoms with E-state index in [-0.39, 0.29) is 5.72 Å². The van der Waals surface area contributed by atoms with Gasteiger partial charge in [0.2, 0.25) is 0 Å². The lowest BCUT2D eigenvalue weighted by Crippen LogP contribution is -2.70. The summed E-state index contributed by atoms with van der Waals surface area (Å²) in [4.78, 5) is 2.55. The van der Waals surface area contributed by atoms with Gasteiger partial charge in [0.15, 0.2) is 0 Å². The van der Waals surface area contributed by atoms with E-state index >= 15 is 0 Å². The Labute approximate surface area is 85.8 Å². The molecule has 2 bridgehead atoms. The highest BCUT2D eigenvalue weighted by Gasteiger charge is 2.49. The quantitative estimate of drug-likeness (QED) is 0.620. The summed E-state index contributed by atoms with van der Waals surface area (Å²) in [6, 6.07) is 0.629. The average molecular weight is 196 g/mol. The van der Waals surface area contributed by atoms with Gasteiger partial charge >= 0.3 is 0 Å². The zero-order valence-corrected chi connectivity index (χ0v) is 8.96. The normalized spacial score (nSPS) is 52.5. The van der Waals surface area contributed by atoms with Crippen molar-refractivity contribution in [3.8, 4) is 0 Å². The number of nitrogens with one attached hydrogen (secondary N) is 1. The summed E-state index contributed by atoms with van der Waals surface area (Å²) in [7, 11) is 0. The Morgan fingerprint density at radius 3 is 2.64 bits per heavy atom. The van der Waals surface area contributed by atoms with Crippen LogP contribution in [0.2, 0.25) is 0 Å². The molecule has 4 saturated heterocycles. The third kappa shape index (κ3) is 1.30. The summed E-state index contributed by atoms with van der Waals surface area (Å²) >= 11 is 0. The fourth-order valence-corrected chi connectivity index (χ4v) is 3.29. The number of nitrogens with zero attached hydrogens (tertiary/aromatic N) is 1. The maximum absolute atomic E-state index is 6.06. The van der Waals surface area contributed by atoms with Crippen molar-refractivity contribution in [3.05, 3.63) is 0 Å². The lowest BCUT2D eigenvalue weighted by atomic mass is 9.79. The molecule has 4 heterocycles. The van der Waals surface area contributed by atoms with Crippen LogP contribution >= 0.6 is 0 Å². The van der Waals surface area contributed by atoms with E-state index in [1.54, 1.807) is 0 Å². The van der Waals surface area contributed by atoms with Gasteiger partial charge in [-0.25, -0.2) is 0 Å². The van der Waals surface area contributed by atoms with Gasteiger partial charge in [0, 0.05) is 18.5 Å². The molecule has 4 rings (SSSR count). The largest absolute Gasteiger partial charge is 0.359 e. The van der Waals surface area contributed by atoms with Crippen molar-refractivity contribution in [1.82, 2.24) is 10.2 Å². The maximum Gasteiger partial charge on any atom is 0.135 e. The van der Waals surface area contributed by atoms with E-state index < -0.39 is 0 Å². The molecular weight excluding hydrogens is 176 g/mol. The second-order valence-electron chi connectivity index (χ2n) is 5.12. The lowest BCUT2D eigenvalue weighted by molar-refractivity contribution is -0.195. The molecule has 0 aromatic heterocycles. The van der Waals surface area contributed by atoms with Gasteiger partial charge in [-0.1, -0.05) is 0 Å². The van der Waals surface area contributed by atoms with Crippen LogP contribution in [0.1, 0.15) is 26.2 Å². The van der Waals surface area contributed by atoms with Gasteiger partial charge in [-0.05, 0) is 39.3 Å². The third-order valence-corrected chi connectivity index (χ3v) is 4.11. The van der Waals surface area contributed by atoms with Crippen LogP contribution in [0.3, 0.4) is 0 Å². The second kappa shape index (κ2) is 3.19. The van der Waals surface area contributed by atoms with Crippen LogP contribution in [0.15, 0.2) is 0 Å². The average Bonchev–Trinajstić information content (AvgIpc) is 2.18. The summed E-state index contributed by atoms with van der Waals surface area (Å²) in [5.41, 5.74) is 0.0220. The summed E-state index contributed by atoms with van der Waals surface area (Å²) in [5, 5.41) is 3.70. The summed E-state index contributed by atoms with van der Waals surface area (Å²) in [6.07, 6.45) is 3.80. The number of hydrogen-bond acceptors (Lipinski definition) is 3. The third-order valence-electron chi connectivity index (χ3n) is 4.11. The van der Waals surface area contributed by atoms with Gasteiger partial charge in [0.1, 0.15) is 5.72 Å². The zero-order chi connectivity index (χ0) is 9.60. The van der Waals surface area contributed by atoms with Gasteiger partial charge in [0.05, 0.1) is 6.61 Å². The van der Waals surface area contributed by atoms with Crippen LogP contribution in [-0.2, 0) is 4.74 Å². The van der Waals surface area contributed by atoms with E-state index in [0.29, 0.717) is 6.04 Å². The highest BCUT2D eigenvalue weighted by atomic mass is 16.5. The van der Waals surface area contributed by atoms with Crippen LogP contribution in [-0.4, -0.2) is 42.9 Å². The Balaban J connectivity index is 1.81. The van der Waals surface area contributed by atoms with E-state index in [9.17, 15) is 0 Å². The number of hydrogen-bond donors (Lipinski definition) is 1. The number of rotatable bonds is 0. The van der Waals surface area contributed by atoms with Crippen molar-refractivity contribution < 1.29 is 4.74 Å². The first-order chi connectivity index (χ1) is 6.78. The first-order valence-electron chi connectivity index (χ1n) is 5.92. The molecule has 0 radical (unpaired) electrons. The summed E-state index contributed by atoms with van der Waals surface area (Å²) in [6.45, 7) is 6.90. The molecule has 0 aromatic rings. The van der Waals surface area contributed by atoms with E-state index in [4.69, 9.17) is 4.74 Å². The van der Waals surface area contributed by atoms with Gasteiger partial charge in [0.25, 0.3) is 0 Å². The predicted molar refractivity (Wildman–Crippen MR) is 55.1 cm³/mol. The fraction of sp³-hybridized carbons (Fsp3) is 1.00. The molecule has 3 heteroatoms. The minimum absolute atomic E-state index is 0.0220. The molecule has 4 aliphatic rings. The van der Waals surface area contributed by atoms with Crippen LogP contribution in [0.5, 0.6) is 0 Å². The molecular formula is C11H20N2O. The van der Waals surface area contributed by atoms with Crippen LogP contribution < -0.4 is 5.32 Å². The van der Waals surface area contributed by atoms with Gasteiger partial charge < -0.3 is 4.74 Å². The first-order valence-corrected chi connectivity index (χ1v) is 5.92. The van der Waals surface area contributed by atoms with Crippen LogP contribution in [0, 0.1) is 5.92 Å². The van der Waals surface area contributed by atoms with Crippen molar-refractivity contribution in [1.29, 1.82) is 0 Å². The van der Waals surface area contributed by atoms with Crippen molar-refractivity contribution in [2.75, 3.05) is 26.2 Å². The molecule has 4 fully saturated rings. The van der Waals surface area contributed by atoms with Crippen LogP contribution in [0.4, 0.5) is 0 Å². The van der Waals surface area contributed by atoms with Crippen molar-refractivity contribution >= 4 is 0 Å². The number of piperidine rings is 3. The molecule has 1 N–H and O–H groups in total.